The van der Waals surface area contributed by atoms with Crippen LogP contribution in [0.5, 0.6) is 0 Å². The van der Waals surface area contributed by atoms with Gasteiger partial charge in [0.25, 0.3) is 0 Å². The van der Waals surface area contributed by atoms with Crippen LogP contribution in [0, 0.1) is 18.3 Å². The summed E-state index contributed by atoms with van der Waals surface area (Å²) >= 11 is 9.81. The van der Waals surface area contributed by atoms with Crippen molar-refractivity contribution in [2.75, 3.05) is 0 Å². The molecule has 0 fully saturated rings. The molecule has 0 bridgehead atoms. The van der Waals surface area contributed by atoms with Gasteiger partial charge in [0, 0.05) is 16.9 Å². The number of nitriles is 1. The van der Waals surface area contributed by atoms with Gasteiger partial charge in [0.15, 0.2) is 0 Å². The summed E-state index contributed by atoms with van der Waals surface area (Å²) in [5, 5.41) is 9.75. The number of hydrogen-bond donors (Lipinski definition) is 0. The molecule has 1 aromatic heterocycles. The van der Waals surface area contributed by atoms with Gasteiger partial charge in [-0.05, 0) is 41.8 Å². The van der Waals surface area contributed by atoms with Gasteiger partial charge < -0.3 is 0 Å². The number of hydrogen-bond acceptors (Lipinski definition) is 2. The van der Waals surface area contributed by atoms with Gasteiger partial charge in [-0.25, -0.2) is 0 Å². The predicted molar refractivity (Wildman–Crippen MR) is 81.4 cm³/mol. The van der Waals surface area contributed by atoms with E-state index >= 15 is 0 Å². The molecule has 0 saturated carbocycles. The molecule has 2 aromatic rings. The maximum absolute atomic E-state index is 9.31. The summed E-state index contributed by atoms with van der Waals surface area (Å²) in [5.41, 5.74) is 3.14. The smallest absolute Gasteiger partial charge is 0.101 e. The van der Waals surface area contributed by atoms with Crippen molar-refractivity contribution >= 4 is 38.1 Å². The van der Waals surface area contributed by atoms with Gasteiger partial charge in [0.05, 0.1) is 10.6 Å². The second kappa shape index (κ2) is 6.01. The van der Waals surface area contributed by atoms with Gasteiger partial charge in [-0.15, -0.1) is 0 Å². The minimum absolute atomic E-state index is 0.439. The highest BCUT2D eigenvalue weighted by Crippen LogP contribution is 2.31. The molecule has 0 radical (unpaired) electrons. The summed E-state index contributed by atoms with van der Waals surface area (Å²) in [6, 6.07) is 11.5. The Hall–Kier alpha value is -1.63. The van der Waals surface area contributed by atoms with Crippen LogP contribution < -0.4 is 0 Å². The minimum atomic E-state index is 0.439. The van der Waals surface area contributed by atoms with Crippen LogP contribution in [0.2, 0.25) is 0 Å². The van der Waals surface area contributed by atoms with Gasteiger partial charge in [-0.3, -0.25) is 4.98 Å². The van der Waals surface area contributed by atoms with E-state index in [1.807, 2.05) is 25.1 Å². The highest BCUT2D eigenvalue weighted by molar-refractivity contribution is 9.10. The molecule has 0 aliphatic rings. The number of rotatable bonds is 2. The average molecular weight is 334 g/mol. The molecule has 2 rings (SSSR count). The Morgan fingerprint density at radius 3 is 2.47 bits per heavy atom. The Kier molecular flexibility index (Phi) is 4.36. The Labute approximate surface area is 125 Å². The maximum atomic E-state index is 9.31. The number of pyridine rings is 1. The van der Waals surface area contributed by atoms with Crippen LogP contribution in [0.4, 0.5) is 0 Å². The first-order valence-corrected chi connectivity index (χ1v) is 6.77. The van der Waals surface area contributed by atoms with E-state index in [0.29, 0.717) is 10.6 Å². The Balaban J connectivity index is 2.56. The molecule has 1 aromatic carbocycles. The zero-order valence-electron chi connectivity index (χ0n) is 10.2. The zero-order chi connectivity index (χ0) is 13.8. The number of aryl methyl sites for hydroxylation is 1. The SMILES string of the molecule is Cc1ccc(/C(Cl)=C(/C#N)c2ccncc2)cc1Br. The lowest BCUT2D eigenvalue weighted by atomic mass is 10.0. The van der Waals surface area contributed by atoms with Gasteiger partial charge in [0.2, 0.25) is 0 Å². The lowest BCUT2D eigenvalue weighted by molar-refractivity contribution is 1.32. The number of allylic oxidation sites excluding steroid dienone is 1. The zero-order valence-corrected chi connectivity index (χ0v) is 12.5. The molecular formula is C15H10BrClN2. The van der Waals surface area contributed by atoms with E-state index in [0.717, 1.165) is 21.2 Å². The van der Waals surface area contributed by atoms with E-state index in [4.69, 9.17) is 11.6 Å². The highest BCUT2D eigenvalue weighted by Gasteiger charge is 2.10. The summed E-state index contributed by atoms with van der Waals surface area (Å²) < 4.78 is 0.968. The molecule has 0 aliphatic carbocycles. The number of halogens is 2. The molecule has 0 saturated heterocycles. The van der Waals surface area contributed by atoms with Crippen molar-refractivity contribution in [1.82, 2.24) is 4.98 Å². The average Bonchev–Trinajstić information content (AvgIpc) is 2.44. The van der Waals surface area contributed by atoms with E-state index in [1.54, 1.807) is 24.5 Å². The van der Waals surface area contributed by atoms with E-state index in [1.165, 1.54) is 0 Å². The van der Waals surface area contributed by atoms with E-state index in [-0.39, 0.29) is 0 Å². The molecule has 0 spiro atoms. The van der Waals surface area contributed by atoms with Gasteiger partial charge >= 0.3 is 0 Å². The molecule has 0 aliphatic heterocycles. The molecule has 0 amide bonds. The summed E-state index contributed by atoms with van der Waals surface area (Å²) in [4.78, 5) is 3.94. The van der Waals surface area contributed by atoms with Crippen molar-refractivity contribution in [3.63, 3.8) is 0 Å². The molecule has 0 unspecified atom stereocenters. The summed E-state index contributed by atoms with van der Waals surface area (Å²) in [5.74, 6) is 0. The van der Waals surface area contributed by atoms with E-state index in [2.05, 4.69) is 27.0 Å². The van der Waals surface area contributed by atoms with Gasteiger partial charge in [0.1, 0.15) is 6.07 Å². The Morgan fingerprint density at radius 2 is 1.89 bits per heavy atom. The third-order valence-electron chi connectivity index (χ3n) is 2.73. The lowest BCUT2D eigenvalue weighted by Gasteiger charge is -2.06. The maximum Gasteiger partial charge on any atom is 0.101 e. The van der Waals surface area contributed by atoms with E-state index < -0.39 is 0 Å². The van der Waals surface area contributed by atoms with Crippen molar-refractivity contribution in [3.8, 4) is 6.07 Å². The second-order valence-electron chi connectivity index (χ2n) is 4.00. The lowest BCUT2D eigenvalue weighted by Crippen LogP contribution is -1.88. The third-order valence-corrected chi connectivity index (χ3v) is 3.99. The van der Waals surface area contributed by atoms with Crippen LogP contribution in [-0.2, 0) is 0 Å². The van der Waals surface area contributed by atoms with E-state index in [9.17, 15) is 5.26 Å². The summed E-state index contributed by atoms with van der Waals surface area (Å²) in [7, 11) is 0. The molecule has 19 heavy (non-hydrogen) atoms. The fourth-order valence-corrected chi connectivity index (χ4v) is 2.28. The topological polar surface area (TPSA) is 36.7 Å². The standard InChI is InChI=1S/C15H10BrClN2/c1-10-2-3-12(8-14(10)16)15(17)13(9-18)11-4-6-19-7-5-11/h2-8H,1H3/b15-13+. The Bertz CT molecular complexity index is 672. The normalized spacial score (nSPS) is 11.7. The highest BCUT2D eigenvalue weighted by atomic mass is 79.9. The van der Waals surface area contributed by atoms with Crippen molar-refractivity contribution in [2.45, 2.75) is 6.92 Å². The number of aromatic nitrogens is 1. The molecule has 0 N–H and O–H groups in total. The number of benzene rings is 1. The fraction of sp³-hybridized carbons (Fsp3) is 0.0667. The molecule has 4 heteroatoms. The molecule has 94 valence electrons. The second-order valence-corrected chi connectivity index (χ2v) is 5.23. The summed E-state index contributed by atoms with van der Waals surface area (Å²) in [6.07, 6.45) is 3.28. The van der Waals surface area contributed by atoms with Crippen LogP contribution in [0.25, 0.3) is 10.6 Å². The molecule has 2 nitrogen and oxygen atoms in total. The largest absolute Gasteiger partial charge is 0.265 e. The first-order valence-electron chi connectivity index (χ1n) is 5.60. The van der Waals surface area contributed by atoms with Crippen LogP contribution in [0.3, 0.4) is 0 Å². The monoisotopic (exact) mass is 332 g/mol. The van der Waals surface area contributed by atoms with Gasteiger partial charge in [-0.1, -0.05) is 39.7 Å². The molecule has 1 heterocycles. The van der Waals surface area contributed by atoms with Crippen LogP contribution in [0.15, 0.2) is 47.2 Å². The predicted octanol–water partition coefficient (Wildman–Crippen LogP) is 4.78. The van der Waals surface area contributed by atoms with Crippen LogP contribution in [-0.4, -0.2) is 4.98 Å². The number of nitrogens with zero attached hydrogens (tertiary/aromatic N) is 2. The van der Waals surface area contributed by atoms with Crippen molar-refractivity contribution in [3.05, 3.63) is 63.9 Å². The van der Waals surface area contributed by atoms with Crippen LogP contribution >= 0.6 is 27.5 Å². The first-order chi connectivity index (χ1) is 9.13. The van der Waals surface area contributed by atoms with Crippen LogP contribution in [0.1, 0.15) is 16.7 Å². The Morgan fingerprint density at radius 1 is 1.21 bits per heavy atom. The minimum Gasteiger partial charge on any atom is -0.265 e. The first kappa shape index (κ1) is 13.8. The fourth-order valence-electron chi connectivity index (χ4n) is 1.63. The molecule has 0 atom stereocenters. The third kappa shape index (κ3) is 3.04. The molecular weight excluding hydrogens is 324 g/mol. The van der Waals surface area contributed by atoms with Crippen molar-refractivity contribution < 1.29 is 0 Å². The van der Waals surface area contributed by atoms with Crippen molar-refractivity contribution in [1.29, 1.82) is 5.26 Å². The quantitative estimate of drug-likeness (QED) is 0.741. The van der Waals surface area contributed by atoms with Gasteiger partial charge in [-0.2, -0.15) is 5.26 Å². The van der Waals surface area contributed by atoms with Crippen molar-refractivity contribution in [2.24, 2.45) is 0 Å². The summed E-state index contributed by atoms with van der Waals surface area (Å²) in [6.45, 7) is 2.00.